The van der Waals surface area contributed by atoms with Crippen molar-refractivity contribution in [1.29, 1.82) is 0 Å². The van der Waals surface area contributed by atoms with Crippen LogP contribution in [0.25, 0.3) is 6.08 Å². The third-order valence-corrected chi connectivity index (χ3v) is 4.96. The molecule has 2 heterocycles. The largest absolute Gasteiger partial charge is 0.462 e. The molecule has 0 N–H and O–H groups in total. The molecule has 0 bridgehead atoms. The van der Waals surface area contributed by atoms with Crippen LogP contribution in [-0.2, 0) is 22.6 Å². The quantitative estimate of drug-likeness (QED) is 0.336. The molecule has 4 nitrogen and oxygen atoms in total. The van der Waals surface area contributed by atoms with Gasteiger partial charge in [-0.25, -0.2) is 4.39 Å². The van der Waals surface area contributed by atoms with Gasteiger partial charge in [0.2, 0.25) is 0 Å². The zero-order valence-corrected chi connectivity index (χ0v) is 18.7. The molecule has 0 aliphatic heterocycles. The molecule has 0 aliphatic rings. The third-order valence-electron chi connectivity index (χ3n) is 4.26. The Morgan fingerprint density at radius 1 is 1.23 bits per heavy atom. The van der Waals surface area contributed by atoms with Crippen LogP contribution >= 0.6 is 11.3 Å². The monoisotopic (exact) mass is 431 g/mol. The van der Waals surface area contributed by atoms with Gasteiger partial charge in [-0.15, -0.1) is 0 Å². The summed E-state index contributed by atoms with van der Waals surface area (Å²) < 4.78 is 29.6. The number of rotatable bonds is 12. The van der Waals surface area contributed by atoms with Crippen molar-refractivity contribution in [2.75, 3.05) is 33.5 Å². The standard InChI is InChI=1S/C24H30FNO3S/c1-24(2,27-3)12-5-4-6-14-26(15-13-25)18-22-9-10-23(29-22)19-28-16-7-8-21-11-17-30-20-21/h4,6-11,17,20H,13-16,18-19H2,1-3H3. The van der Waals surface area contributed by atoms with E-state index in [1.165, 1.54) is 5.56 Å². The highest BCUT2D eigenvalue weighted by atomic mass is 32.1. The van der Waals surface area contributed by atoms with Crippen LogP contribution in [0.5, 0.6) is 0 Å². The first kappa shape index (κ1) is 24.1. The number of alkyl halides is 1. The fraction of sp³-hybridized carbons (Fsp3) is 0.417. The minimum Gasteiger partial charge on any atom is -0.462 e. The molecule has 0 aromatic carbocycles. The van der Waals surface area contributed by atoms with E-state index in [9.17, 15) is 4.39 Å². The van der Waals surface area contributed by atoms with Gasteiger partial charge in [0.25, 0.3) is 0 Å². The first-order valence-corrected chi connectivity index (χ1v) is 10.8. The Balaban J connectivity index is 1.76. The first-order valence-electron chi connectivity index (χ1n) is 9.87. The van der Waals surface area contributed by atoms with Gasteiger partial charge in [-0.2, -0.15) is 11.3 Å². The molecule has 0 fully saturated rings. The predicted molar refractivity (Wildman–Crippen MR) is 121 cm³/mol. The maximum Gasteiger partial charge on any atom is 0.129 e. The molecule has 0 unspecified atom stereocenters. The van der Waals surface area contributed by atoms with Crippen molar-refractivity contribution >= 4 is 17.4 Å². The van der Waals surface area contributed by atoms with E-state index in [0.717, 1.165) is 11.5 Å². The Labute approximate surface area is 183 Å². The Hall–Kier alpha value is -2.17. The second kappa shape index (κ2) is 13.2. The summed E-state index contributed by atoms with van der Waals surface area (Å²) in [7, 11) is 1.63. The van der Waals surface area contributed by atoms with Crippen LogP contribution in [0.3, 0.4) is 0 Å². The highest BCUT2D eigenvalue weighted by Crippen LogP contribution is 2.12. The van der Waals surface area contributed by atoms with E-state index < -0.39 is 12.3 Å². The molecule has 0 aliphatic carbocycles. The molecular weight excluding hydrogens is 401 g/mol. The lowest BCUT2D eigenvalue weighted by atomic mass is 10.1. The van der Waals surface area contributed by atoms with Gasteiger partial charge in [-0.1, -0.05) is 30.1 Å². The van der Waals surface area contributed by atoms with Crippen LogP contribution in [-0.4, -0.2) is 44.0 Å². The number of thiophene rings is 1. The van der Waals surface area contributed by atoms with Crippen LogP contribution in [0, 0.1) is 11.8 Å². The average molecular weight is 432 g/mol. The third kappa shape index (κ3) is 9.55. The number of furan rings is 1. The van der Waals surface area contributed by atoms with Crippen molar-refractivity contribution in [3.05, 3.63) is 64.3 Å². The van der Waals surface area contributed by atoms with E-state index in [1.54, 1.807) is 24.5 Å². The van der Waals surface area contributed by atoms with E-state index in [4.69, 9.17) is 13.9 Å². The summed E-state index contributed by atoms with van der Waals surface area (Å²) in [5.41, 5.74) is 0.703. The number of allylic oxidation sites excluding steroid dienone is 1. The van der Waals surface area contributed by atoms with Crippen molar-refractivity contribution in [2.24, 2.45) is 0 Å². The summed E-state index contributed by atoms with van der Waals surface area (Å²) >= 11 is 1.67. The Kier molecular flexibility index (Phi) is 10.6. The van der Waals surface area contributed by atoms with Crippen LogP contribution in [0.2, 0.25) is 0 Å². The number of hydrogen-bond acceptors (Lipinski definition) is 5. The Bertz CT molecular complexity index is 843. The van der Waals surface area contributed by atoms with Crippen LogP contribution < -0.4 is 0 Å². The minimum absolute atomic E-state index is 0.335. The van der Waals surface area contributed by atoms with Gasteiger partial charge in [-0.3, -0.25) is 4.90 Å². The molecule has 0 amide bonds. The van der Waals surface area contributed by atoms with E-state index in [1.807, 2.05) is 54.5 Å². The fourth-order valence-electron chi connectivity index (χ4n) is 2.47. The summed E-state index contributed by atoms with van der Waals surface area (Å²) in [5.74, 6) is 7.53. The van der Waals surface area contributed by atoms with E-state index in [2.05, 4.69) is 23.3 Å². The minimum atomic E-state index is -0.477. The van der Waals surface area contributed by atoms with E-state index >= 15 is 0 Å². The molecule has 0 atom stereocenters. The van der Waals surface area contributed by atoms with Gasteiger partial charge >= 0.3 is 0 Å². The Morgan fingerprint density at radius 3 is 2.80 bits per heavy atom. The zero-order chi connectivity index (χ0) is 21.7. The lowest BCUT2D eigenvalue weighted by molar-refractivity contribution is 0.0742. The van der Waals surface area contributed by atoms with Crippen LogP contribution in [0.4, 0.5) is 4.39 Å². The zero-order valence-electron chi connectivity index (χ0n) is 17.9. The summed E-state index contributed by atoms with van der Waals surface area (Å²) in [6.07, 6.45) is 7.71. The fourth-order valence-corrected chi connectivity index (χ4v) is 3.10. The molecule has 30 heavy (non-hydrogen) atoms. The van der Waals surface area contributed by atoms with Gasteiger partial charge in [0.15, 0.2) is 0 Å². The summed E-state index contributed by atoms with van der Waals surface area (Å²) in [5, 5.41) is 4.13. The molecule has 2 rings (SSSR count). The van der Waals surface area contributed by atoms with Crippen molar-refractivity contribution < 1.29 is 18.3 Å². The first-order chi connectivity index (χ1) is 14.5. The highest BCUT2D eigenvalue weighted by Gasteiger charge is 2.10. The molecular formula is C24H30FNO3S. The van der Waals surface area contributed by atoms with Gasteiger partial charge in [0, 0.05) is 20.2 Å². The van der Waals surface area contributed by atoms with Crippen molar-refractivity contribution in [3.8, 4) is 11.8 Å². The lowest BCUT2D eigenvalue weighted by Crippen LogP contribution is -2.25. The van der Waals surface area contributed by atoms with Gasteiger partial charge < -0.3 is 13.9 Å². The van der Waals surface area contributed by atoms with E-state index in [0.29, 0.717) is 32.8 Å². The Morgan fingerprint density at radius 2 is 2.07 bits per heavy atom. The number of hydrogen-bond donors (Lipinski definition) is 0. The predicted octanol–water partition coefficient (Wildman–Crippen LogP) is 5.33. The number of nitrogens with zero attached hydrogens (tertiary/aromatic N) is 1. The molecule has 162 valence electrons. The maximum atomic E-state index is 12.9. The molecule has 0 spiro atoms. The summed E-state index contributed by atoms with van der Waals surface area (Å²) in [4.78, 5) is 1.96. The van der Waals surface area contributed by atoms with Crippen molar-refractivity contribution in [1.82, 2.24) is 4.90 Å². The summed E-state index contributed by atoms with van der Waals surface area (Å²) in [6, 6.07) is 5.88. The molecule has 6 heteroatoms. The van der Waals surface area contributed by atoms with Gasteiger partial charge in [-0.05, 0) is 54.4 Å². The van der Waals surface area contributed by atoms with Crippen molar-refractivity contribution in [2.45, 2.75) is 32.6 Å². The summed E-state index contributed by atoms with van der Waals surface area (Å²) in [6.45, 7) is 5.77. The van der Waals surface area contributed by atoms with Crippen LogP contribution in [0.1, 0.15) is 30.9 Å². The molecule has 0 radical (unpaired) electrons. The topological polar surface area (TPSA) is 34.8 Å². The number of ether oxygens (including phenoxy) is 2. The molecule has 2 aromatic heterocycles. The van der Waals surface area contributed by atoms with E-state index in [-0.39, 0.29) is 0 Å². The molecule has 0 saturated carbocycles. The molecule has 2 aromatic rings. The smallest absolute Gasteiger partial charge is 0.129 e. The van der Waals surface area contributed by atoms with Crippen LogP contribution in [0.15, 0.2) is 51.6 Å². The lowest BCUT2D eigenvalue weighted by Gasteiger charge is -2.17. The van der Waals surface area contributed by atoms with Crippen molar-refractivity contribution in [3.63, 3.8) is 0 Å². The molecule has 0 saturated heterocycles. The normalized spacial score (nSPS) is 12.2. The number of methoxy groups -OCH3 is 1. The number of halogens is 1. The van der Waals surface area contributed by atoms with Gasteiger partial charge in [0.1, 0.15) is 30.4 Å². The second-order valence-electron chi connectivity index (χ2n) is 7.15. The highest BCUT2D eigenvalue weighted by molar-refractivity contribution is 7.08. The van der Waals surface area contributed by atoms with Gasteiger partial charge in [0.05, 0.1) is 13.2 Å². The maximum absolute atomic E-state index is 12.9. The average Bonchev–Trinajstić information content (AvgIpc) is 3.40. The SMILES string of the molecule is COC(C)(C)C#CC=CCN(CCF)Cc1ccc(COCC=Cc2ccsc2)o1. The second-order valence-corrected chi connectivity index (χ2v) is 7.93.